The number of amides is 4. The first kappa shape index (κ1) is 23.6. The number of rotatable bonds is 4. The van der Waals surface area contributed by atoms with Gasteiger partial charge in [-0.25, -0.2) is 9.59 Å². The van der Waals surface area contributed by atoms with Crippen LogP contribution in [0.15, 0.2) is 53.3 Å². The summed E-state index contributed by atoms with van der Waals surface area (Å²) in [5.41, 5.74) is 3.32. The molecule has 0 bridgehead atoms. The third-order valence-electron chi connectivity index (χ3n) is 6.53. The molecule has 2 heterocycles. The Kier molecular flexibility index (Phi) is 6.01. The van der Waals surface area contributed by atoms with Gasteiger partial charge in [-0.2, -0.15) is 0 Å². The molecule has 184 valence electrons. The number of aromatic nitrogens is 2. The quantitative estimate of drug-likeness (QED) is 0.366. The lowest BCUT2D eigenvalue weighted by Crippen LogP contribution is -2.44. The molecular formula is C26H24ClN5O4. The van der Waals surface area contributed by atoms with E-state index < -0.39 is 11.9 Å². The van der Waals surface area contributed by atoms with Gasteiger partial charge in [0.15, 0.2) is 0 Å². The maximum atomic E-state index is 13.2. The number of anilines is 1. The third kappa shape index (κ3) is 4.22. The number of urea groups is 1. The summed E-state index contributed by atoms with van der Waals surface area (Å²) in [4.78, 5) is 49.7. The Balaban J connectivity index is 1.44. The Labute approximate surface area is 211 Å². The van der Waals surface area contributed by atoms with E-state index in [1.165, 1.54) is 9.13 Å². The first-order chi connectivity index (χ1) is 17.2. The number of benzene rings is 3. The van der Waals surface area contributed by atoms with Gasteiger partial charge in [0, 0.05) is 36.1 Å². The predicted octanol–water partition coefficient (Wildman–Crippen LogP) is 3.75. The van der Waals surface area contributed by atoms with Crippen molar-refractivity contribution in [2.75, 3.05) is 5.32 Å². The number of aryl methyl sites for hydroxylation is 2. The van der Waals surface area contributed by atoms with Crippen LogP contribution in [0.3, 0.4) is 0 Å². The molecule has 3 N–H and O–H groups in total. The highest BCUT2D eigenvalue weighted by Crippen LogP contribution is 2.29. The van der Waals surface area contributed by atoms with E-state index in [0.717, 1.165) is 21.9 Å². The van der Waals surface area contributed by atoms with Crippen molar-refractivity contribution in [2.45, 2.75) is 32.4 Å². The molecule has 0 saturated carbocycles. The summed E-state index contributed by atoms with van der Waals surface area (Å²) < 4.78 is 2.98. The SMILES string of the molecule is Cc1ccc(NC(=O)NCc2ccc3ccc4c(c3c2)n(C)c(=O)n4C2CCC(=O)NC2=O)cc1Cl. The lowest BCUT2D eigenvalue weighted by atomic mass is 10.0. The summed E-state index contributed by atoms with van der Waals surface area (Å²) in [6.07, 6.45) is 0.451. The monoisotopic (exact) mass is 505 g/mol. The summed E-state index contributed by atoms with van der Waals surface area (Å²) >= 11 is 6.13. The Hall–Kier alpha value is -4.11. The van der Waals surface area contributed by atoms with E-state index in [9.17, 15) is 19.2 Å². The highest BCUT2D eigenvalue weighted by atomic mass is 35.5. The van der Waals surface area contributed by atoms with Gasteiger partial charge in [-0.1, -0.05) is 35.9 Å². The molecule has 3 aromatic carbocycles. The summed E-state index contributed by atoms with van der Waals surface area (Å²) in [6, 6.07) is 13.7. The van der Waals surface area contributed by atoms with Gasteiger partial charge in [0.05, 0.1) is 11.0 Å². The van der Waals surface area contributed by atoms with Gasteiger partial charge in [-0.05, 0) is 54.1 Å². The number of halogens is 1. The molecule has 9 nitrogen and oxygen atoms in total. The summed E-state index contributed by atoms with van der Waals surface area (Å²) in [7, 11) is 1.66. The maximum Gasteiger partial charge on any atom is 0.329 e. The zero-order valence-electron chi connectivity index (χ0n) is 19.7. The van der Waals surface area contributed by atoms with Crippen molar-refractivity contribution in [1.29, 1.82) is 0 Å². The first-order valence-corrected chi connectivity index (χ1v) is 11.9. The number of carbonyl (C=O) groups excluding carboxylic acids is 3. The van der Waals surface area contributed by atoms with E-state index >= 15 is 0 Å². The van der Waals surface area contributed by atoms with Crippen molar-refractivity contribution < 1.29 is 14.4 Å². The van der Waals surface area contributed by atoms with Gasteiger partial charge < -0.3 is 10.6 Å². The second-order valence-electron chi connectivity index (χ2n) is 8.94. The number of imidazole rings is 1. The number of fused-ring (bicyclic) bond motifs is 3. The van der Waals surface area contributed by atoms with E-state index in [2.05, 4.69) is 16.0 Å². The Bertz CT molecular complexity index is 1620. The van der Waals surface area contributed by atoms with Crippen LogP contribution < -0.4 is 21.6 Å². The van der Waals surface area contributed by atoms with Crippen LogP contribution in [0.4, 0.5) is 10.5 Å². The minimum atomic E-state index is -0.750. The topological polar surface area (TPSA) is 114 Å². The molecule has 1 saturated heterocycles. The largest absolute Gasteiger partial charge is 0.334 e. The molecule has 4 amide bonds. The fourth-order valence-corrected chi connectivity index (χ4v) is 4.80. The zero-order valence-corrected chi connectivity index (χ0v) is 20.5. The second-order valence-corrected chi connectivity index (χ2v) is 9.35. The van der Waals surface area contributed by atoms with Crippen molar-refractivity contribution in [3.63, 3.8) is 0 Å². The lowest BCUT2D eigenvalue weighted by Gasteiger charge is -2.21. The van der Waals surface area contributed by atoms with Crippen molar-refractivity contribution in [1.82, 2.24) is 19.8 Å². The molecule has 0 spiro atoms. The molecule has 1 aliphatic rings. The van der Waals surface area contributed by atoms with Crippen LogP contribution in [0.25, 0.3) is 21.8 Å². The molecule has 1 aliphatic heterocycles. The fraction of sp³-hybridized carbons (Fsp3) is 0.231. The predicted molar refractivity (Wildman–Crippen MR) is 138 cm³/mol. The van der Waals surface area contributed by atoms with Crippen LogP contribution in [0.1, 0.15) is 30.0 Å². The highest BCUT2D eigenvalue weighted by molar-refractivity contribution is 6.31. The first-order valence-electron chi connectivity index (χ1n) is 11.5. The number of piperidine rings is 1. The molecule has 1 fully saturated rings. The zero-order chi connectivity index (χ0) is 25.6. The Morgan fingerprint density at radius 2 is 1.89 bits per heavy atom. The lowest BCUT2D eigenvalue weighted by molar-refractivity contribution is -0.135. The van der Waals surface area contributed by atoms with E-state index in [0.29, 0.717) is 21.7 Å². The van der Waals surface area contributed by atoms with Crippen LogP contribution in [-0.4, -0.2) is 27.0 Å². The van der Waals surface area contributed by atoms with Gasteiger partial charge in [0.1, 0.15) is 6.04 Å². The molecule has 5 rings (SSSR count). The third-order valence-corrected chi connectivity index (χ3v) is 6.94. The normalized spacial score (nSPS) is 15.8. The number of carbonyl (C=O) groups is 3. The van der Waals surface area contributed by atoms with Crippen LogP contribution in [0.5, 0.6) is 0 Å². The molecular weight excluding hydrogens is 482 g/mol. The van der Waals surface area contributed by atoms with Crippen LogP contribution in [0.2, 0.25) is 5.02 Å². The summed E-state index contributed by atoms with van der Waals surface area (Å²) in [5, 5.41) is 10.2. The maximum absolute atomic E-state index is 13.2. The smallest absolute Gasteiger partial charge is 0.329 e. The van der Waals surface area contributed by atoms with Crippen molar-refractivity contribution >= 4 is 56.9 Å². The number of hydrogen-bond donors (Lipinski definition) is 3. The molecule has 1 unspecified atom stereocenters. The average molecular weight is 506 g/mol. The van der Waals surface area contributed by atoms with E-state index in [1.54, 1.807) is 19.2 Å². The van der Waals surface area contributed by atoms with Crippen LogP contribution >= 0.6 is 11.6 Å². The highest BCUT2D eigenvalue weighted by Gasteiger charge is 2.31. The van der Waals surface area contributed by atoms with Crippen LogP contribution in [0, 0.1) is 6.92 Å². The van der Waals surface area contributed by atoms with E-state index in [4.69, 9.17) is 11.6 Å². The van der Waals surface area contributed by atoms with Gasteiger partial charge in [-0.15, -0.1) is 0 Å². The van der Waals surface area contributed by atoms with Gasteiger partial charge in [-0.3, -0.25) is 24.0 Å². The van der Waals surface area contributed by atoms with E-state index in [1.807, 2.05) is 43.3 Å². The number of nitrogens with one attached hydrogen (secondary N) is 3. The number of hydrogen-bond acceptors (Lipinski definition) is 4. The minimum absolute atomic E-state index is 0.180. The summed E-state index contributed by atoms with van der Waals surface area (Å²) in [5.74, 6) is -0.804. The Morgan fingerprint density at radius 1 is 1.11 bits per heavy atom. The Morgan fingerprint density at radius 3 is 2.64 bits per heavy atom. The van der Waals surface area contributed by atoms with E-state index in [-0.39, 0.29) is 37.0 Å². The average Bonchev–Trinajstić information content (AvgIpc) is 3.10. The van der Waals surface area contributed by atoms with Crippen molar-refractivity contribution in [2.24, 2.45) is 7.05 Å². The van der Waals surface area contributed by atoms with Gasteiger partial charge >= 0.3 is 11.7 Å². The van der Waals surface area contributed by atoms with Crippen LogP contribution in [-0.2, 0) is 23.2 Å². The molecule has 0 radical (unpaired) electrons. The van der Waals surface area contributed by atoms with Crippen molar-refractivity contribution in [3.8, 4) is 0 Å². The molecule has 1 atom stereocenters. The molecule has 4 aromatic rings. The molecule has 10 heteroatoms. The number of nitrogens with zero attached hydrogens (tertiary/aromatic N) is 2. The van der Waals surface area contributed by atoms with Gasteiger partial charge in [0.25, 0.3) is 0 Å². The molecule has 1 aromatic heterocycles. The fourth-order valence-electron chi connectivity index (χ4n) is 4.61. The van der Waals surface area contributed by atoms with Crippen molar-refractivity contribution in [3.05, 3.63) is 75.2 Å². The minimum Gasteiger partial charge on any atom is -0.334 e. The van der Waals surface area contributed by atoms with Gasteiger partial charge in [0.2, 0.25) is 11.8 Å². The number of imide groups is 1. The second kappa shape index (κ2) is 9.16. The standard InChI is InChI=1S/C26H24ClN5O4/c1-14-3-7-17(12-19(14)27)29-25(35)28-13-15-4-5-16-6-8-20-23(18(16)11-15)31(2)26(36)32(20)21-9-10-22(33)30-24(21)34/h3-8,11-12,21H,9-10,13H2,1-2H3,(H2,28,29,35)(H,30,33,34). The molecule has 36 heavy (non-hydrogen) atoms. The summed E-state index contributed by atoms with van der Waals surface area (Å²) in [6.45, 7) is 2.15. The molecule has 0 aliphatic carbocycles.